The Morgan fingerprint density at radius 3 is 2.25 bits per heavy atom. The standard InChI is InChI=1S/C21H18N2O/c24-21(16-10-5-2-6-11-16)20(15-8-3-1-4-9-15)23-22-19-14-17-12-7-13-18(17)19/h1-12,17-18H,13-14H2/b22-19-,23-20-/t17-,18-/m1/s1. The number of ketones is 1. The zero-order valence-electron chi connectivity index (χ0n) is 13.3. The van der Waals surface area contributed by atoms with Gasteiger partial charge in [0.2, 0.25) is 5.78 Å². The van der Waals surface area contributed by atoms with E-state index in [9.17, 15) is 4.79 Å². The van der Waals surface area contributed by atoms with Crippen molar-refractivity contribution in [3.05, 3.63) is 83.9 Å². The fraction of sp³-hybridized carbons (Fsp3) is 0.190. The number of fused-ring (bicyclic) bond motifs is 1. The van der Waals surface area contributed by atoms with Crippen LogP contribution in [0.3, 0.4) is 0 Å². The molecule has 2 aromatic carbocycles. The lowest BCUT2D eigenvalue weighted by molar-refractivity contribution is 0.106. The van der Waals surface area contributed by atoms with E-state index in [2.05, 4.69) is 22.4 Å². The van der Waals surface area contributed by atoms with E-state index in [1.54, 1.807) is 0 Å². The summed E-state index contributed by atoms with van der Waals surface area (Å²) >= 11 is 0. The number of hydrogen-bond acceptors (Lipinski definition) is 3. The first-order valence-electron chi connectivity index (χ1n) is 8.29. The van der Waals surface area contributed by atoms with Crippen molar-refractivity contribution < 1.29 is 4.79 Å². The van der Waals surface area contributed by atoms with E-state index in [1.807, 2.05) is 60.7 Å². The summed E-state index contributed by atoms with van der Waals surface area (Å²) in [5.41, 5.74) is 2.95. The fourth-order valence-electron chi connectivity index (χ4n) is 3.32. The Balaban J connectivity index is 1.68. The summed E-state index contributed by atoms with van der Waals surface area (Å²) in [6, 6.07) is 18.8. The highest BCUT2D eigenvalue weighted by atomic mass is 16.1. The number of benzene rings is 2. The Bertz CT molecular complexity index is 835. The van der Waals surface area contributed by atoms with E-state index >= 15 is 0 Å². The van der Waals surface area contributed by atoms with Crippen LogP contribution in [-0.4, -0.2) is 17.2 Å². The summed E-state index contributed by atoms with van der Waals surface area (Å²) in [6.45, 7) is 0. The summed E-state index contributed by atoms with van der Waals surface area (Å²) in [4.78, 5) is 12.9. The van der Waals surface area contributed by atoms with Crippen molar-refractivity contribution >= 4 is 17.2 Å². The van der Waals surface area contributed by atoms with Crippen LogP contribution in [-0.2, 0) is 0 Å². The average molecular weight is 314 g/mol. The van der Waals surface area contributed by atoms with Crippen molar-refractivity contribution in [2.75, 3.05) is 0 Å². The number of carbonyl (C=O) groups excluding carboxylic acids is 1. The average Bonchev–Trinajstić information content (AvgIpc) is 3.00. The lowest BCUT2D eigenvalue weighted by Gasteiger charge is -2.31. The van der Waals surface area contributed by atoms with E-state index in [-0.39, 0.29) is 5.78 Å². The summed E-state index contributed by atoms with van der Waals surface area (Å²) in [5, 5.41) is 8.82. The molecule has 1 saturated carbocycles. The Hall–Kier alpha value is -2.81. The molecule has 0 saturated heterocycles. The van der Waals surface area contributed by atoms with Gasteiger partial charge in [0.15, 0.2) is 0 Å². The van der Waals surface area contributed by atoms with Crippen molar-refractivity contribution in [3.8, 4) is 0 Å². The molecule has 1 fully saturated rings. The van der Waals surface area contributed by atoms with Gasteiger partial charge in [-0.05, 0) is 18.8 Å². The second-order valence-corrected chi connectivity index (χ2v) is 6.24. The van der Waals surface area contributed by atoms with Crippen LogP contribution >= 0.6 is 0 Å². The fourth-order valence-corrected chi connectivity index (χ4v) is 3.32. The molecule has 0 bridgehead atoms. The van der Waals surface area contributed by atoms with Gasteiger partial charge >= 0.3 is 0 Å². The predicted octanol–water partition coefficient (Wildman–Crippen LogP) is 4.31. The molecule has 2 aromatic rings. The van der Waals surface area contributed by atoms with Gasteiger partial charge in [0.1, 0.15) is 5.71 Å². The molecule has 2 aliphatic rings. The third-order valence-electron chi connectivity index (χ3n) is 4.74. The van der Waals surface area contributed by atoms with Crippen LogP contribution in [0.5, 0.6) is 0 Å². The molecule has 0 radical (unpaired) electrons. The quantitative estimate of drug-likeness (QED) is 0.359. The highest BCUT2D eigenvalue weighted by Crippen LogP contribution is 2.40. The molecule has 118 valence electrons. The van der Waals surface area contributed by atoms with Crippen molar-refractivity contribution in [1.29, 1.82) is 0 Å². The van der Waals surface area contributed by atoms with E-state index in [0.717, 1.165) is 24.1 Å². The maximum atomic E-state index is 12.9. The molecular weight excluding hydrogens is 296 g/mol. The Morgan fingerprint density at radius 1 is 0.917 bits per heavy atom. The largest absolute Gasteiger partial charge is 0.287 e. The van der Waals surface area contributed by atoms with E-state index in [1.165, 1.54) is 0 Å². The van der Waals surface area contributed by atoms with Crippen LogP contribution < -0.4 is 0 Å². The first-order chi connectivity index (χ1) is 11.8. The molecule has 2 aliphatic carbocycles. The molecule has 0 aromatic heterocycles. The SMILES string of the molecule is O=C(/C(=N\N=C1\C[C@H]2C=CC[C@@H]12)c1ccccc1)c1ccccc1. The van der Waals surface area contributed by atoms with Gasteiger partial charge in [-0.3, -0.25) is 4.79 Å². The van der Waals surface area contributed by atoms with Gasteiger partial charge in [-0.25, -0.2) is 0 Å². The maximum Gasteiger partial charge on any atom is 0.213 e. The number of allylic oxidation sites excluding steroid dienone is 2. The third kappa shape index (κ3) is 2.73. The van der Waals surface area contributed by atoms with Gasteiger partial charge in [0, 0.05) is 22.8 Å². The molecule has 24 heavy (non-hydrogen) atoms. The normalized spacial score (nSPS) is 23.8. The van der Waals surface area contributed by atoms with Gasteiger partial charge in [-0.1, -0.05) is 72.8 Å². The monoisotopic (exact) mass is 314 g/mol. The van der Waals surface area contributed by atoms with Gasteiger partial charge in [-0.2, -0.15) is 5.10 Å². The van der Waals surface area contributed by atoms with Crippen LogP contribution in [0, 0.1) is 11.8 Å². The van der Waals surface area contributed by atoms with Gasteiger partial charge in [0.05, 0.1) is 0 Å². The van der Waals surface area contributed by atoms with Gasteiger partial charge in [0.25, 0.3) is 0 Å². The molecule has 0 spiro atoms. The van der Waals surface area contributed by atoms with Crippen LogP contribution in [0.1, 0.15) is 28.8 Å². The first-order valence-corrected chi connectivity index (χ1v) is 8.29. The maximum absolute atomic E-state index is 12.9. The minimum absolute atomic E-state index is 0.0911. The van der Waals surface area contributed by atoms with Gasteiger partial charge < -0.3 is 0 Å². The Labute approximate surface area is 141 Å². The molecule has 0 amide bonds. The molecule has 0 N–H and O–H groups in total. The molecular formula is C21H18N2O. The van der Waals surface area contributed by atoms with Crippen LogP contribution in [0.15, 0.2) is 83.0 Å². The first kappa shape index (κ1) is 14.8. The predicted molar refractivity (Wildman–Crippen MR) is 96.5 cm³/mol. The van der Waals surface area contributed by atoms with Crippen molar-refractivity contribution in [1.82, 2.24) is 0 Å². The zero-order chi connectivity index (χ0) is 16.4. The number of carbonyl (C=O) groups is 1. The number of Topliss-reactive ketones (excluding diaryl/α,β-unsaturated/α-hetero) is 1. The molecule has 0 unspecified atom stereocenters. The second-order valence-electron chi connectivity index (χ2n) is 6.24. The van der Waals surface area contributed by atoms with E-state index in [4.69, 9.17) is 0 Å². The highest BCUT2D eigenvalue weighted by Gasteiger charge is 2.38. The lowest BCUT2D eigenvalue weighted by Crippen LogP contribution is -2.33. The minimum atomic E-state index is -0.0911. The van der Waals surface area contributed by atoms with Gasteiger partial charge in [-0.15, -0.1) is 5.10 Å². The molecule has 3 heteroatoms. The summed E-state index contributed by atoms with van der Waals surface area (Å²) < 4.78 is 0. The third-order valence-corrected chi connectivity index (χ3v) is 4.74. The highest BCUT2D eigenvalue weighted by molar-refractivity contribution is 6.51. The molecule has 2 atom stereocenters. The smallest absolute Gasteiger partial charge is 0.213 e. The molecule has 0 heterocycles. The van der Waals surface area contributed by atoms with Crippen LogP contribution in [0.4, 0.5) is 0 Å². The topological polar surface area (TPSA) is 41.8 Å². The zero-order valence-corrected chi connectivity index (χ0v) is 13.3. The number of nitrogens with zero attached hydrogens (tertiary/aromatic N) is 2. The minimum Gasteiger partial charge on any atom is -0.287 e. The number of rotatable bonds is 4. The number of hydrogen-bond donors (Lipinski definition) is 0. The Morgan fingerprint density at radius 2 is 1.58 bits per heavy atom. The summed E-state index contributed by atoms with van der Waals surface area (Å²) in [6.07, 6.45) is 6.49. The van der Waals surface area contributed by atoms with Crippen molar-refractivity contribution in [2.24, 2.45) is 22.0 Å². The lowest BCUT2D eigenvalue weighted by atomic mass is 9.74. The second kappa shape index (κ2) is 6.36. The molecule has 0 aliphatic heterocycles. The van der Waals surface area contributed by atoms with Crippen LogP contribution in [0.25, 0.3) is 0 Å². The Kier molecular flexibility index (Phi) is 3.91. The molecule has 4 rings (SSSR count). The van der Waals surface area contributed by atoms with Crippen molar-refractivity contribution in [2.45, 2.75) is 12.8 Å². The van der Waals surface area contributed by atoms with Crippen LogP contribution in [0.2, 0.25) is 0 Å². The summed E-state index contributed by atoms with van der Waals surface area (Å²) in [5.74, 6) is 1.04. The molecule has 3 nitrogen and oxygen atoms in total. The van der Waals surface area contributed by atoms with E-state index in [0.29, 0.717) is 23.1 Å². The van der Waals surface area contributed by atoms with Crippen molar-refractivity contribution in [3.63, 3.8) is 0 Å². The summed E-state index contributed by atoms with van der Waals surface area (Å²) in [7, 11) is 0. The van der Waals surface area contributed by atoms with E-state index < -0.39 is 0 Å².